The minimum atomic E-state index is -0.0444. The Hall–Kier alpha value is -5.98. The van der Waals surface area contributed by atoms with Gasteiger partial charge in [-0.05, 0) is 71.1 Å². The molecule has 0 aliphatic rings. The molecule has 0 saturated carbocycles. The molecule has 8 rings (SSSR count). The van der Waals surface area contributed by atoms with E-state index in [1.807, 2.05) is 65.4 Å². The van der Waals surface area contributed by atoms with Crippen LogP contribution in [0.2, 0.25) is 0 Å². The molecular weight excluding hydrogens is 737 g/mol. The molecule has 284 valence electrons. The third kappa shape index (κ3) is 8.46. The van der Waals surface area contributed by atoms with E-state index >= 15 is 0 Å². The summed E-state index contributed by atoms with van der Waals surface area (Å²) < 4.78 is 3.49. The lowest BCUT2D eigenvalue weighted by Gasteiger charge is -2.15. The first-order chi connectivity index (χ1) is 27.3. The van der Waals surface area contributed by atoms with Crippen molar-refractivity contribution in [3.63, 3.8) is 0 Å². The monoisotopic (exact) mass is 780 g/mol. The number of hydrogen-bond acceptors (Lipinski definition) is 10. The zero-order chi connectivity index (χ0) is 39.0. The third-order valence-corrected chi connectivity index (χ3v) is 11.3. The predicted molar refractivity (Wildman–Crippen MR) is 228 cm³/mol. The number of aromatic nitrogens is 6. The Bertz CT molecular complexity index is 2550. The number of anilines is 2. The van der Waals surface area contributed by atoms with E-state index in [1.54, 1.807) is 33.8 Å². The van der Waals surface area contributed by atoms with Crippen LogP contribution in [0.3, 0.4) is 0 Å². The molecule has 10 nitrogen and oxygen atoms in total. The summed E-state index contributed by atoms with van der Waals surface area (Å²) in [4.78, 5) is 35.8. The molecule has 6 heterocycles. The minimum absolute atomic E-state index is 0.0414. The zero-order valence-corrected chi connectivity index (χ0v) is 33.5. The fraction of sp³-hybridized carbons (Fsp3) is 0.227. The first-order valence-corrected chi connectivity index (χ1v) is 20.6. The van der Waals surface area contributed by atoms with Gasteiger partial charge in [-0.3, -0.25) is 9.59 Å². The topological polar surface area (TPSA) is 119 Å². The number of nitrogens with one attached hydrogen (secondary N) is 2. The Morgan fingerprint density at radius 3 is 1.55 bits per heavy atom. The Labute approximate surface area is 334 Å². The molecule has 12 heteroatoms. The second kappa shape index (κ2) is 17.7. The fourth-order valence-corrected chi connectivity index (χ4v) is 7.72. The highest BCUT2D eigenvalue weighted by Gasteiger charge is 2.20. The molecule has 0 spiro atoms. The largest absolute Gasteiger partial charge is 0.385 e. The number of fused-ring (bicyclic) bond motifs is 2. The van der Waals surface area contributed by atoms with Gasteiger partial charge in [0, 0.05) is 48.0 Å². The molecule has 0 fully saturated rings. The van der Waals surface area contributed by atoms with Crippen molar-refractivity contribution in [1.82, 2.24) is 29.2 Å². The van der Waals surface area contributed by atoms with Gasteiger partial charge in [0.1, 0.15) is 0 Å². The van der Waals surface area contributed by atoms with Gasteiger partial charge in [0.25, 0.3) is 0 Å². The summed E-state index contributed by atoms with van der Waals surface area (Å²) in [5.41, 5.74) is 8.22. The summed E-state index contributed by atoms with van der Waals surface area (Å²) >= 11 is 2.85. The summed E-state index contributed by atoms with van der Waals surface area (Å²) in [5, 5.41) is 19.7. The fourth-order valence-electron chi connectivity index (χ4n) is 6.36. The van der Waals surface area contributed by atoms with Crippen molar-refractivity contribution in [2.45, 2.75) is 40.5 Å². The van der Waals surface area contributed by atoms with E-state index in [2.05, 4.69) is 88.8 Å². The number of hydrogen-bond donors (Lipinski definition) is 2. The average Bonchev–Trinajstić information content (AvgIpc) is 4.08. The van der Waals surface area contributed by atoms with Crippen LogP contribution >= 0.6 is 22.7 Å². The van der Waals surface area contributed by atoms with Crippen molar-refractivity contribution in [1.29, 1.82) is 0 Å². The van der Waals surface area contributed by atoms with Gasteiger partial charge in [-0.2, -0.15) is 10.2 Å². The van der Waals surface area contributed by atoms with Crippen molar-refractivity contribution in [3.8, 4) is 22.5 Å². The summed E-state index contributed by atoms with van der Waals surface area (Å²) in [6, 6.07) is 27.8. The highest BCUT2D eigenvalue weighted by molar-refractivity contribution is 7.12. The maximum Gasteiger partial charge on any atom is 0.208 e. The number of rotatable bonds is 14. The average molecular weight is 781 g/mol. The van der Waals surface area contributed by atoms with Crippen molar-refractivity contribution in [3.05, 3.63) is 141 Å². The van der Waals surface area contributed by atoms with Gasteiger partial charge in [-0.25, -0.2) is 19.0 Å². The lowest BCUT2D eigenvalue weighted by molar-refractivity contribution is 0.103. The van der Waals surface area contributed by atoms with Gasteiger partial charge in [0.05, 0.1) is 44.7 Å². The van der Waals surface area contributed by atoms with Crippen LogP contribution in [0.15, 0.2) is 120 Å². The molecule has 0 aliphatic heterocycles. The minimum Gasteiger partial charge on any atom is -0.385 e. The normalized spacial score (nSPS) is 11.2. The highest BCUT2D eigenvalue weighted by Crippen LogP contribution is 2.27. The van der Waals surface area contributed by atoms with Gasteiger partial charge < -0.3 is 10.6 Å². The molecule has 2 aromatic carbocycles. The third-order valence-electron chi connectivity index (χ3n) is 9.56. The number of thiophene rings is 2. The molecule has 6 aromatic heterocycles. The van der Waals surface area contributed by atoms with Crippen LogP contribution in [-0.4, -0.2) is 53.9 Å². The van der Waals surface area contributed by atoms with Gasteiger partial charge in [0.2, 0.25) is 11.6 Å². The highest BCUT2D eigenvalue weighted by atomic mass is 32.1. The standard InChI is InChI=1S/C23H24N4OS.C21H20N4OS/c1-3-16(4-2)14-25-18-8-5-7-17(13-18)20-10-11-24-23-19(15-26-27(20)23)22(28)21-9-6-12-29-21;1-14(2)12-23-16-6-3-5-15(11-16)18-8-9-22-21-17(13-24-25(18)21)20(26)19-7-4-10-27-19/h5-13,15-16,25H,3-4,14H2,1-2H3;3-11,13-14,23H,12H2,1-2H3. The molecule has 0 atom stereocenters. The van der Waals surface area contributed by atoms with Crippen molar-refractivity contribution < 1.29 is 9.59 Å². The van der Waals surface area contributed by atoms with Gasteiger partial charge in [-0.1, -0.05) is 76.9 Å². The molecule has 56 heavy (non-hydrogen) atoms. The molecular formula is C44H44N8O2S2. The van der Waals surface area contributed by atoms with E-state index in [-0.39, 0.29) is 11.6 Å². The lowest BCUT2D eigenvalue weighted by atomic mass is 10.0. The molecule has 0 saturated heterocycles. The first kappa shape index (κ1) is 38.3. The Kier molecular flexibility index (Phi) is 12.1. The lowest BCUT2D eigenvalue weighted by Crippen LogP contribution is -2.12. The van der Waals surface area contributed by atoms with Crippen LogP contribution in [0.1, 0.15) is 71.0 Å². The molecule has 0 amide bonds. The molecule has 2 N–H and O–H groups in total. The summed E-state index contributed by atoms with van der Waals surface area (Å²) in [7, 11) is 0. The first-order valence-electron chi connectivity index (χ1n) is 18.8. The van der Waals surface area contributed by atoms with E-state index in [0.29, 0.717) is 44.0 Å². The summed E-state index contributed by atoms with van der Waals surface area (Å²) in [5.74, 6) is 1.15. The number of benzene rings is 2. The molecule has 0 unspecified atom stereocenters. The molecule has 0 aliphatic carbocycles. The SMILES string of the molecule is CC(C)CNc1cccc(-c2ccnc3c(C(=O)c4cccs4)cnn23)c1.CCC(CC)CNc1cccc(-c2ccnc3c(C(=O)c4cccs4)cnn23)c1. The van der Waals surface area contributed by atoms with Crippen LogP contribution in [0.4, 0.5) is 11.4 Å². The second-order valence-corrected chi connectivity index (χ2v) is 15.8. The summed E-state index contributed by atoms with van der Waals surface area (Å²) in [6.45, 7) is 10.7. The number of ketones is 2. The number of carbonyl (C=O) groups is 2. The van der Waals surface area contributed by atoms with E-state index in [9.17, 15) is 9.59 Å². The summed E-state index contributed by atoms with van der Waals surface area (Å²) in [6.07, 6.45) is 9.02. The van der Waals surface area contributed by atoms with Crippen molar-refractivity contribution >= 4 is 56.9 Å². The van der Waals surface area contributed by atoms with E-state index in [1.165, 1.54) is 35.5 Å². The Morgan fingerprint density at radius 1 is 0.643 bits per heavy atom. The van der Waals surface area contributed by atoms with Crippen LogP contribution < -0.4 is 10.6 Å². The van der Waals surface area contributed by atoms with Crippen LogP contribution in [0, 0.1) is 11.8 Å². The maximum atomic E-state index is 12.8. The van der Waals surface area contributed by atoms with Crippen molar-refractivity contribution in [2.24, 2.45) is 11.8 Å². The molecule has 0 bridgehead atoms. The number of nitrogens with zero attached hydrogens (tertiary/aromatic N) is 6. The van der Waals surface area contributed by atoms with Gasteiger partial charge in [-0.15, -0.1) is 22.7 Å². The van der Waals surface area contributed by atoms with Crippen LogP contribution in [0.5, 0.6) is 0 Å². The Morgan fingerprint density at radius 2 is 1.12 bits per heavy atom. The van der Waals surface area contributed by atoms with Crippen LogP contribution in [0.25, 0.3) is 33.8 Å². The Balaban J connectivity index is 0.000000172. The molecule has 0 radical (unpaired) electrons. The maximum absolute atomic E-state index is 12.8. The quantitative estimate of drug-likeness (QED) is 0.105. The van der Waals surface area contributed by atoms with Gasteiger partial charge in [0.15, 0.2) is 11.3 Å². The number of carbonyl (C=O) groups excluding carboxylic acids is 2. The van der Waals surface area contributed by atoms with Crippen LogP contribution in [-0.2, 0) is 0 Å². The smallest absolute Gasteiger partial charge is 0.208 e. The van der Waals surface area contributed by atoms with Gasteiger partial charge >= 0.3 is 0 Å². The second-order valence-electron chi connectivity index (χ2n) is 13.9. The van der Waals surface area contributed by atoms with Crippen molar-refractivity contribution in [2.75, 3.05) is 23.7 Å². The molecule has 8 aromatic rings. The van der Waals surface area contributed by atoms with E-state index in [4.69, 9.17) is 0 Å². The predicted octanol–water partition coefficient (Wildman–Crippen LogP) is 10.3. The zero-order valence-electron chi connectivity index (χ0n) is 31.8. The van der Waals surface area contributed by atoms with E-state index in [0.717, 1.165) is 47.0 Å². The van der Waals surface area contributed by atoms with E-state index < -0.39 is 0 Å².